The summed E-state index contributed by atoms with van der Waals surface area (Å²) in [6, 6.07) is 6.26. The molecule has 1 heterocycles. The molecule has 0 N–H and O–H groups in total. The van der Waals surface area contributed by atoms with Crippen LogP contribution < -0.4 is 0 Å². The molecule has 1 atom stereocenters. The first kappa shape index (κ1) is 14.4. The van der Waals surface area contributed by atoms with Gasteiger partial charge in [0.2, 0.25) is 0 Å². The number of piperidine rings is 1. The Morgan fingerprint density at radius 1 is 1.26 bits per heavy atom. The van der Waals surface area contributed by atoms with Crippen molar-refractivity contribution in [2.24, 2.45) is 0 Å². The molecule has 1 aliphatic heterocycles. The van der Waals surface area contributed by atoms with E-state index in [1.165, 1.54) is 12.1 Å². The average Bonchev–Trinajstić information content (AvgIpc) is 2.38. The van der Waals surface area contributed by atoms with E-state index in [1.807, 2.05) is 6.07 Å². The Balaban J connectivity index is 2.17. The Hall–Kier alpha value is -1.03. The van der Waals surface area contributed by atoms with Gasteiger partial charge in [-0.05, 0) is 50.8 Å². The van der Waals surface area contributed by atoms with Crippen LogP contribution in [0.15, 0.2) is 24.3 Å². The highest BCUT2D eigenvalue weighted by Gasteiger charge is 2.31. The third kappa shape index (κ3) is 3.50. The molecular formula is C15H20F3N. The van der Waals surface area contributed by atoms with E-state index < -0.39 is 11.7 Å². The molecule has 1 unspecified atom stereocenters. The van der Waals surface area contributed by atoms with Crippen molar-refractivity contribution in [1.29, 1.82) is 0 Å². The SMILES string of the molecule is CC(C)N1CCCC(c2cccc(C(F)(F)F)c2)C1. The number of rotatable bonds is 2. The minimum Gasteiger partial charge on any atom is -0.300 e. The van der Waals surface area contributed by atoms with E-state index in [2.05, 4.69) is 18.7 Å². The molecule has 2 rings (SSSR count). The Labute approximate surface area is 112 Å². The van der Waals surface area contributed by atoms with E-state index in [4.69, 9.17) is 0 Å². The van der Waals surface area contributed by atoms with Crippen molar-refractivity contribution >= 4 is 0 Å². The summed E-state index contributed by atoms with van der Waals surface area (Å²) >= 11 is 0. The predicted octanol–water partition coefficient (Wildman–Crippen LogP) is 4.29. The molecule has 1 saturated heterocycles. The van der Waals surface area contributed by atoms with Gasteiger partial charge in [0.05, 0.1) is 5.56 Å². The Morgan fingerprint density at radius 3 is 2.63 bits per heavy atom. The van der Waals surface area contributed by atoms with E-state index in [0.29, 0.717) is 6.04 Å². The van der Waals surface area contributed by atoms with E-state index in [1.54, 1.807) is 0 Å². The summed E-state index contributed by atoms with van der Waals surface area (Å²) in [6.07, 6.45) is -2.22. The van der Waals surface area contributed by atoms with Gasteiger partial charge in [0.1, 0.15) is 0 Å². The maximum atomic E-state index is 12.7. The molecule has 106 valence electrons. The first-order valence-corrected chi connectivity index (χ1v) is 6.79. The van der Waals surface area contributed by atoms with Crippen LogP contribution in [0, 0.1) is 0 Å². The lowest BCUT2D eigenvalue weighted by Gasteiger charge is -2.35. The minimum absolute atomic E-state index is 0.221. The lowest BCUT2D eigenvalue weighted by Crippen LogP contribution is -2.39. The topological polar surface area (TPSA) is 3.24 Å². The van der Waals surface area contributed by atoms with Gasteiger partial charge in [-0.25, -0.2) is 0 Å². The van der Waals surface area contributed by atoms with Crippen LogP contribution in [0.3, 0.4) is 0 Å². The normalized spacial score (nSPS) is 21.9. The molecule has 4 heteroatoms. The quantitative estimate of drug-likeness (QED) is 0.775. The van der Waals surface area contributed by atoms with Gasteiger partial charge >= 0.3 is 6.18 Å². The van der Waals surface area contributed by atoms with Crippen molar-refractivity contribution in [3.05, 3.63) is 35.4 Å². The summed E-state index contributed by atoms with van der Waals surface area (Å²) in [5.74, 6) is 0.221. The molecule has 1 fully saturated rings. The van der Waals surface area contributed by atoms with Crippen molar-refractivity contribution in [2.45, 2.75) is 44.8 Å². The Morgan fingerprint density at radius 2 is 2.00 bits per heavy atom. The number of alkyl halides is 3. The molecule has 1 nitrogen and oxygen atoms in total. The second-order valence-corrected chi connectivity index (χ2v) is 5.55. The van der Waals surface area contributed by atoms with E-state index in [0.717, 1.165) is 37.6 Å². The van der Waals surface area contributed by atoms with Gasteiger partial charge in [-0.15, -0.1) is 0 Å². The van der Waals surface area contributed by atoms with E-state index in [-0.39, 0.29) is 5.92 Å². The van der Waals surface area contributed by atoms with Crippen molar-refractivity contribution in [1.82, 2.24) is 4.90 Å². The minimum atomic E-state index is -4.25. The van der Waals surface area contributed by atoms with E-state index >= 15 is 0 Å². The zero-order chi connectivity index (χ0) is 14.0. The van der Waals surface area contributed by atoms with Crippen LogP contribution in [0.5, 0.6) is 0 Å². The van der Waals surface area contributed by atoms with Crippen LogP contribution in [-0.2, 0) is 6.18 Å². The van der Waals surface area contributed by atoms with Crippen LogP contribution in [0.25, 0.3) is 0 Å². The highest BCUT2D eigenvalue weighted by atomic mass is 19.4. The zero-order valence-corrected chi connectivity index (χ0v) is 11.4. The fourth-order valence-corrected chi connectivity index (χ4v) is 2.72. The van der Waals surface area contributed by atoms with Crippen molar-refractivity contribution in [3.63, 3.8) is 0 Å². The third-order valence-corrected chi connectivity index (χ3v) is 3.87. The largest absolute Gasteiger partial charge is 0.416 e. The second-order valence-electron chi connectivity index (χ2n) is 5.55. The van der Waals surface area contributed by atoms with Gasteiger partial charge in [-0.1, -0.05) is 18.2 Å². The highest BCUT2D eigenvalue weighted by molar-refractivity contribution is 5.28. The standard InChI is InChI=1S/C15H20F3N/c1-11(2)19-8-4-6-13(10-19)12-5-3-7-14(9-12)15(16,17)18/h3,5,7,9,11,13H,4,6,8,10H2,1-2H3. The van der Waals surface area contributed by atoms with Crippen LogP contribution in [0.4, 0.5) is 13.2 Å². The number of halogens is 3. The van der Waals surface area contributed by atoms with Crippen LogP contribution >= 0.6 is 0 Å². The predicted molar refractivity (Wildman–Crippen MR) is 70.1 cm³/mol. The Kier molecular flexibility index (Phi) is 4.19. The second kappa shape index (κ2) is 5.53. The number of nitrogens with zero attached hydrogens (tertiary/aromatic N) is 1. The van der Waals surface area contributed by atoms with Gasteiger partial charge in [0.15, 0.2) is 0 Å². The monoisotopic (exact) mass is 271 g/mol. The van der Waals surface area contributed by atoms with Gasteiger partial charge in [0.25, 0.3) is 0 Å². The summed E-state index contributed by atoms with van der Waals surface area (Å²) in [5.41, 5.74) is 0.284. The first-order valence-electron chi connectivity index (χ1n) is 6.79. The summed E-state index contributed by atoms with van der Waals surface area (Å²) < 4.78 is 38.2. The number of benzene rings is 1. The van der Waals surface area contributed by atoms with Crippen LogP contribution in [-0.4, -0.2) is 24.0 Å². The summed E-state index contributed by atoms with van der Waals surface area (Å²) in [4.78, 5) is 2.34. The van der Waals surface area contributed by atoms with Gasteiger partial charge < -0.3 is 4.90 Å². The molecule has 1 aromatic rings. The van der Waals surface area contributed by atoms with Crippen molar-refractivity contribution in [2.75, 3.05) is 13.1 Å². The van der Waals surface area contributed by atoms with Crippen LogP contribution in [0.2, 0.25) is 0 Å². The molecule has 0 radical (unpaired) electrons. The fourth-order valence-electron chi connectivity index (χ4n) is 2.72. The molecule has 19 heavy (non-hydrogen) atoms. The molecular weight excluding hydrogens is 251 g/mol. The molecule has 1 aromatic carbocycles. The summed E-state index contributed by atoms with van der Waals surface area (Å²) in [6.45, 7) is 6.18. The summed E-state index contributed by atoms with van der Waals surface area (Å²) in [7, 11) is 0. The Bertz CT molecular complexity index is 426. The maximum Gasteiger partial charge on any atom is 0.416 e. The smallest absolute Gasteiger partial charge is 0.300 e. The average molecular weight is 271 g/mol. The molecule has 0 aliphatic carbocycles. The molecule has 0 saturated carbocycles. The fraction of sp³-hybridized carbons (Fsp3) is 0.600. The molecule has 0 bridgehead atoms. The van der Waals surface area contributed by atoms with Crippen molar-refractivity contribution < 1.29 is 13.2 Å². The van der Waals surface area contributed by atoms with Gasteiger partial charge in [-0.2, -0.15) is 13.2 Å². The highest BCUT2D eigenvalue weighted by Crippen LogP contribution is 2.33. The lowest BCUT2D eigenvalue weighted by atomic mass is 9.89. The maximum absolute atomic E-state index is 12.7. The summed E-state index contributed by atoms with van der Waals surface area (Å²) in [5, 5.41) is 0. The number of likely N-dealkylation sites (tertiary alicyclic amines) is 1. The van der Waals surface area contributed by atoms with Crippen LogP contribution in [0.1, 0.15) is 43.7 Å². The van der Waals surface area contributed by atoms with Gasteiger partial charge in [-0.3, -0.25) is 0 Å². The molecule has 0 amide bonds. The third-order valence-electron chi connectivity index (χ3n) is 3.87. The van der Waals surface area contributed by atoms with Gasteiger partial charge in [0, 0.05) is 12.6 Å². The van der Waals surface area contributed by atoms with Crippen molar-refractivity contribution in [3.8, 4) is 0 Å². The lowest BCUT2D eigenvalue weighted by molar-refractivity contribution is -0.137. The number of hydrogen-bond acceptors (Lipinski definition) is 1. The molecule has 0 aromatic heterocycles. The number of hydrogen-bond donors (Lipinski definition) is 0. The zero-order valence-electron chi connectivity index (χ0n) is 11.4. The van der Waals surface area contributed by atoms with E-state index in [9.17, 15) is 13.2 Å². The molecule has 1 aliphatic rings. The molecule has 0 spiro atoms. The first-order chi connectivity index (χ1) is 8.88.